The highest BCUT2D eigenvalue weighted by Crippen LogP contribution is 2.29. The van der Waals surface area contributed by atoms with Crippen LogP contribution in [0.5, 0.6) is 0 Å². The fraction of sp³-hybridized carbons (Fsp3) is 0.167. The summed E-state index contributed by atoms with van der Waals surface area (Å²) in [7, 11) is 0. The van der Waals surface area contributed by atoms with Gasteiger partial charge in [-0.15, -0.1) is 0 Å². The van der Waals surface area contributed by atoms with Gasteiger partial charge in [0.05, 0.1) is 22.8 Å². The fourth-order valence-electron chi connectivity index (χ4n) is 4.92. The van der Waals surface area contributed by atoms with Gasteiger partial charge in [0.1, 0.15) is 6.29 Å². The summed E-state index contributed by atoms with van der Waals surface area (Å²) >= 11 is 0. The van der Waals surface area contributed by atoms with Gasteiger partial charge in [-0.2, -0.15) is 0 Å². The number of hydrogen-bond acceptors (Lipinski definition) is 4. The molecule has 0 aliphatic carbocycles. The Morgan fingerprint density at radius 2 is 1.18 bits per heavy atom. The minimum atomic E-state index is 0.813. The molecule has 4 nitrogen and oxygen atoms in total. The van der Waals surface area contributed by atoms with E-state index in [4.69, 9.17) is 4.98 Å². The molecular formula is C36H33N3O. The Morgan fingerprint density at radius 3 is 1.70 bits per heavy atom. The van der Waals surface area contributed by atoms with Gasteiger partial charge in [0.15, 0.2) is 0 Å². The van der Waals surface area contributed by atoms with Crippen molar-refractivity contribution < 1.29 is 4.79 Å². The number of pyridine rings is 3. The lowest BCUT2D eigenvalue weighted by atomic mass is 9.93. The van der Waals surface area contributed by atoms with Crippen LogP contribution in [0.25, 0.3) is 46.1 Å². The summed E-state index contributed by atoms with van der Waals surface area (Å²) in [6.45, 7) is 4.32. The first-order valence-corrected chi connectivity index (χ1v) is 13.9. The smallest absolute Gasteiger partial charge is 0.150 e. The molecule has 0 bridgehead atoms. The van der Waals surface area contributed by atoms with Gasteiger partial charge in [-0.05, 0) is 88.7 Å². The maximum Gasteiger partial charge on any atom is 0.150 e. The highest BCUT2D eigenvalue weighted by atomic mass is 16.1. The van der Waals surface area contributed by atoms with E-state index in [2.05, 4.69) is 84.5 Å². The molecule has 3 aromatic heterocycles. The average molecular weight is 524 g/mol. The Morgan fingerprint density at radius 1 is 0.600 bits per heavy atom. The van der Waals surface area contributed by atoms with Crippen LogP contribution in [0.1, 0.15) is 59.3 Å². The summed E-state index contributed by atoms with van der Waals surface area (Å²) in [5.74, 6) is 0. The number of hydrogen-bond donors (Lipinski definition) is 0. The van der Waals surface area contributed by atoms with E-state index in [9.17, 15) is 4.79 Å². The second-order valence-corrected chi connectivity index (χ2v) is 9.88. The summed E-state index contributed by atoms with van der Waals surface area (Å²) in [4.78, 5) is 25.6. The van der Waals surface area contributed by atoms with Gasteiger partial charge in [-0.1, -0.05) is 81.3 Å². The van der Waals surface area contributed by atoms with E-state index in [-0.39, 0.29) is 0 Å². The lowest BCUT2D eigenvalue weighted by Crippen LogP contribution is -1.98. The largest absolute Gasteiger partial charge is 0.298 e. The number of benzene rings is 2. The predicted molar refractivity (Wildman–Crippen MR) is 165 cm³/mol. The minimum Gasteiger partial charge on any atom is -0.298 e. The molecule has 2 aromatic carbocycles. The van der Waals surface area contributed by atoms with Gasteiger partial charge in [0.2, 0.25) is 0 Å². The van der Waals surface area contributed by atoms with Crippen molar-refractivity contribution in [3.63, 3.8) is 0 Å². The lowest BCUT2D eigenvalue weighted by molar-refractivity contribution is 0.112. The number of carbonyl (C=O) groups is 1. The zero-order valence-electron chi connectivity index (χ0n) is 23.0. The normalized spacial score (nSPS) is 11.2. The van der Waals surface area contributed by atoms with Crippen molar-refractivity contribution in [3.8, 4) is 33.9 Å². The van der Waals surface area contributed by atoms with Crippen molar-refractivity contribution in [1.29, 1.82) is 0 Å². The molecular weight excluding hydrogens is 490 g/mol. The molecule has 5 aromatic rings. The van der Waals surface area contributed by atoms with Gasteiger partial charge in [-0.3, -0.25) is 14.8 Å². The molecule has 0 spiro atoms. The Balaban J connectivity index is 1.47. The molecule has 0 saturated carbocycles. The van der Waals surface area contributed by atoms with E-state index >= 15 is 0 Å². The SMILES string of the molecule is CCCc1cc(/C=C/c2ccc(-c3cc(-c4ccccn4)nc(-c4ccccn4)c3)cc2)c(CCC)cc1C=O. The third-order valence-electron chi connectivity index (χ3n) is 6.95. The van der Waals surface area contributed by atoms with Gasteiger partial charge in [-0.25, -0.2) is 4.98 Å². The minimum absolute atomic E-state index is 0.813. The van der Waals surface area contributed by atoms with Crippen LogP contribution in [0.4, 0.5) is 0 Å². The molecule has 40 heavy (non-hydrogen) atoms. The van der Waals surface area contributed by atoms with Gasteiger partial charge in [0.25, 0.3) is 0 Å². The van der Waals surface area contributed by atoms with Crippen LogP contribution in [0.3, 0.4) is 0 Å². The number of aryl methyl sites for hydroxylation is 2. The van der Waals surface area contributed by atoms with Gasteiger partial charge >= 0.3 is 0 Å². The monoisotopic (exact) mass is 523 g/mol. The van der Waals surface area contributed by atoms with E-state index in [0.29, 0.717) is 0 Å². The molecule has 0 fully saturated rings. The molecule has 0 aliphatic rings. The first kappa shape index (κ1) is 26.9. The third-order valence-corrected chi connectivity index (χ3v) is 6.95. The molecule has 0 aliphatic heterocycles. The van der Waals surface area contributed by atoms with Crippen molar-refractivity contribution in [1.82, 2.24) is 15.0 Å². The third kappa shape index (κ3) is 6.29. The maximum absolute atomic E-state index is 11.7. The van der Waals surface area contributed by atoms with Crippen LogP contribution >= 0.6 is 0 Å². The van der Waals surface area contributed by atoms with Crippen molar-refractivity contribution in [2.24, 2.45) is 0 Å². The zero-order chi connectivity index (χ0) is 27.7. The summed E-state index contributed by atoms with van der Waals surface area (Å²) < 4.78 is 0. The Kier molecular flexibility index (Phi) is 8.67. The van der Waals surface area contributed by atoms with Crippen LogP contribution in [0.2, 0.25) is 0 Å². The topological polar surface area (TPSA) is 55.7 Å². The Bertz CT molecular complexity index is 1550. The van der Waals surface area contributed by atoms with E-state index in [1.54, 1.807) is 12.4 Å². The van der Waals surface area contributed by atoms with Gasteiger partial charge in [0, 0.05) is 18.0 Å². The number of aldehydes is 1. The molecule has 0 atom stereocenters. The molecule has 0 saturated heterocycles. The zero-order valence-corrected chi connectivity index (χ0v) is 23.0. The molecule has 198 valence electrons. The highest BCUT2D eigenvalue weighted by Gasteiger charge is 2.11. The molecule has 5 rings (SSSR count). The predicted octanol–water partition coefficient (Wildman–Crippen LogP) is 8.76. The standard InChI is InChI=1S/C36H33N3O/c1-3-9-28-22-32(25-40)29(10-4-2)21-30(28)18-15-26-13-16-27(17-14-26)31-23-35(33-11-5-7-19-37-33)39-36(24-31)34-12-6-8-20-38-34/h5-8,11-25H,3-4,9-10H2,1-2H3/b18-15+. The Labute approximate surface area is 236 Å². The molecule has 0 unspecified atom stereocenters. The van der Waals surface area contributed by atoms with Gasteiger partial charge < -0.3 is 0 Å². The molecule has 0 amide bonds. The summed E-state index contributed by atoms with van der Waals surface area (Å²) in [5, 5.41) is 0. The average Bonchev–Trinajstić information content (AvgIpc) is 3.02. The number of aromatic nitrogens is 3. The van der Waals surface area contributed by atoms with E-state index in [1.165, 1.54) is 11.1 Å². The molecule has 0 N–H and O–H groups in total. The summed E-state index contributed by atoms with van der Waals surface area (Å²) in [6, 6.07) is 28.7. The summed E-state index contributed by atoms with van der Waals surface area (Å²) in [6.07, 6.45) is 12.8. The second kappa shape index (κ2) is 12.9. The van der Waals surface area contributed by atoms with Crippen molar-refractivity contribution >= 4 is 18.4 Å². The second-order valence-electron chi connectivity index (χ2n) is 9.88. The Hall–Kier alpha value is -4.70. The van der Waals surface area contributed by atoms with Crippen LogP contribution in [-0.2, 0) is 12.8 Å². The molecule has 4 heteroatoms. The van der Waals surface area contributed by atoms with E-state index in [1.807, 2.05) is 36.4 Å². The first-order valence-electron chi connectivity index (χ1n) is 13.9. The van der Waals surface area contributed by atoms with Crippen LogP contribution in [0, 0.1) is 0 Å². The van der Waals surface area contributed by atoms with E-state index in [0.717, 1.165) is 82.6 Å². The van der Waals surface area contributed by atoms with Crippen molar-refractivity contribution in [2.45, 2.75) is 39.5 Å². The lowest BCUT2D eigenvalue weighted by Gasteiger charge is -2.11. The fourth-order valence-corrected chi connectivity index (χ4v) is 4.92. The summed E-state index contributed by atoms with van der Waals surface area (Å²) in [5.41, 5.74) is 10.9. The van der Waals surface area contributed by atoms with E-state index < -0.39 is 0 Å². The number of nitrogens with zero attached hydrogens (tertiary/aromatic N) is 3. The molecule has 0 radical (unpaired) electrons. The molecule has 3 heterocycles. The van der Waals surface area contributed by atoms with Crippen LogP contribution in [-0.4, -0.2) is 21.2 Å². The van der Waals surface area contributed by atoms with Crippen LogP contribution < -0.4 is 0 Å². The number of carbonyl (C=O) groups excluding carboxylic acids is 1. The quantitative estimate of drug-likeness (QED) is 0.136. The highest BCUT2D eigenvalue weighted by molar-refractivity contribution is 5.81. The van der Waals surface area contributed by atoms with Crippen molar-refractivity contribution in [3.05, 3.63) is 125 Å². The first-order chi connectivity index (χ1) is 19.7. The maximum atomic E-state index is 11.7. The van der Waals surface area contributed by atoms with Crippen molar-refractivity contribution in [2.75, 3.05) is 0 Å². The van der Waals surface area contributed by atoms with Crippen LogP contribution in [0.15, 0.2) is 97.3 Å². The number of rotatable bonds is 10.